The number of aliphatic hydroxyl groups excluding tert-OH is 1. The maximum Gasteiger partial charge on any atom is 0.188 e. The Bertz CT molecular complexity index is 326. The highest BCUT2D eigenvalue weighted by Gasteiger charge is 2.20. The molecule has 17 heavy (non-hydrogen) atoms. The van der Waals surface area contributed by atoms with Gasteiger partial charge in [-0.1, -0.05) is 12.1 Å². The highest BCUT2D eigenvalue weighted by molar-refractivity contribution is 5.29. The van der Waals surface area contributed by atoms with Gasteiger partial charge in [0.2, 0.25) is 0 Å². The van der Waals surface area contributed by atoms with Crippen molar-refractivity contribution in [3.8, 4) is 5.75 Å². The molecule has 0 unspecified atom stereocenters. The monoisotopic (exact) mass is 236 g/mol. The molecule has 0 spiro atoms. The zero-order valence-corrected chi connectivity index (χ0v) is 10.3. The molecule has 0 aromatic heterocycles. The number of methoxy groups -OCH3 is 1. The topological polar surface area (TPSA) is 38.7 Å². The van der Waals surface area contributed by atoms with Crippen LogP contribution in [0, 0.1) is 0 Å². The fourth-order valence-corrected chi connectivity index (χ4v) is 2.37. The van der Waals surface area contributed by atoms with Gasteiger partial charge in [0.15, 0.2) is 6.79 Å². The maximum absolute atomic E-state index is 9.48. The fourth-order valence-electron chi connectivity index (χ4n) is 2.37. The summed E-state index contributed by atoms with van der Waals surface area (Å²) in [6.07, 6.45) is 3.92. The summed E-state index contributed by atoms with van der Waals surface area (Å²) in [5, 5.41) is 9.48. The summed E-state index contributed by atoms with van der Waals surface area (Å²) in [4.78, 5) is 0. The maximum atomic E-state index is 9.48. The summed E-state index contributed by atoms with van der Waals surface area (Å²) >= 11 is 0. The zero-order valence-electron chi connectivity index (χ0n) is 10.3. The molecule has 0 atom stereocenters. The van der Waals surface area contributed by atoms with Gasteiger partial charge < -0.3 is 14.6 Å². The lowest BCUT2D eigenvalue weighted by Gasteiger charge is -2.25. The van der Waals surface area contributed by atoms with E-state index in [-0.39, 0.29) is 12.9 Å². The third-order valence-corrected chi connectivity index (χ3v) is 3.39. The van der Waals surface area contributed by atoms with Gasteiger partial charge in [0, 0.05) is 7.11 Å². The summed E-state index contributed by atoms with van der Waals surface area (Å²) in [5.41, 5.74) is 1.35. The predicted molar refractivity (Wildman–Crippen MR) is 66.2 cm³/mol. The third-order valence-electron chi connectivity index (χ3n) is 3.39. The van der Waals surface area contributed by atoms with Crippen LogP contribution in [0.15, 0.2) is 24.3 Å². The number of rotatable bonds is 4. The molecule has 1 aliphatic carbocycles. The number of hydrogen-bond acceptors (Lipinski definition) is 3. The van der Waals surface area contributed by atoms with Gasteiger partial charge in [0.1, 0.15) is 5.75 Å². The van der Waals surface area contributed by atoms with Crippen LogP contribution in [0.2, 0.25) is 0 Å². The molecular weight excluding hydrogens is 216 g/mol. The minimum atomic E-state index is -0.0874. The average molecular weight is 236 g/mol. The molecule has 3 heteroatoms. The van der Waals surface area contributed by atoms with Gasteiger partial charge in [-0.25, -0.2) is 0 Å². The van der Waals surface area contributed by atoms with Crippen molar-refractivity contribution in [3.05, 3.63) is 29.8 Å². The Morgan fingerprint density at radius 2 is 1.76 bits per heavy atom. The van der Waals surface area contributed by atoms with Crippen molar-refractivity contribution in [3.63, 3.8) is 0 Å². The van der Waals surface area contributed by atoms with E-state index in [1.807, 2.05) is 12.1 Å². The molecule has 1 fully saturated rings. The average Bonchev–Trinajstić information content (AvgIpc) is 2.38. The molecule has 1 aromatic rings. The molecule has 2 rings (SSSR count). The Kier molecular flexibility index (Phi) is 4.40. The minimum absolute atomic E-state index is 0.0874. The van der Waals surface area contributed by atoms with Crippen molar-refractivity contribution in [2.24, 2.45) is 0 Å². The lowest BCUT2D eigenvalue weighted by Crippen LogP contribution is -2.16. The summed E-state index contributed by atoms with van der Waals surface area (Å²) in [6.45, 7) is 0.287. The van der Waals surface area contributed by atoms with E-state index in [0.29, 0.717) is 5.92 Å². The van der Waals surface area contributed by atoms with Crippen LogP contribution in [0.25, 0.3) is 0 Å². The standard InChI is InChI=1S/C14H20O3/c1-16-10-17-14-8-4-12(5-9-14)11-2-6-13(15)7-3-11/h4-5,8-9,11,13,15H,2-3,6-7,10H2,1H3. The van der Waals surface area contributed by atoms with Crippen molar-refractivity contribution in [2.45, 2.75) is 37.7 Å². The molecule has 1 N–H and O–H groups in total. The predicted octanol–water partition coefficient (Wildman–Crippen LogP) is 2.69. The van der Waals surface area contributed by atoms with Crippen molar-refractivity contribution in [1.82, 2.24) is 0 Å². The molecular formula is C14H20O3. The molecule has 1 aromatic carbocycles. The summed E-state index contributed by atoms with van der Waals surface area (Å²) in [7, 11) is 1.61. The summed E-state index contributed by atoms with van der Waals surface area (Å²) in [6, 6.07) is 8.21. The molecule has 0 heterocycles. The Morgan fingerprint density at radius 1 is 1.12 bits per heavy atom. The minimum Gasteiger partial charge on any atom is -0.468 e. The van der Waals surface area contributed by atoms with Crippen LogP contribution < -0.4 is 4.74 Å². The van der Waals surface area contributed by atoms with Gasteiger partial charge in [0.25, 0.3) is 0 Å². The second kappa shape index (κ2) is 6.03. The second-order valence-electron chi connectivity index (χ2n) is 4.63. The molecule has 0 saturated heterocycles. The molecule has 0 bridgehead atoms. The number of ether oxygens (including phenoxy) is 2. The SMILES string of the molecule is COCOc1ccc(C2CCC(O)CC2)cc1. The first kappa shape index (κ1) is 12.4. The Labute approximate surface area is 102 Å². The molecule has 3 nitrogen and oxygen atoms in total. The lowest BCUT2D eigenvalue weighted by atomic mass is 9.83. The lowest BCUT2D eigenvalue weighted by molar-refractivity contribution is 0.0511. The van der Waals surface area contributed by atoms with E-state index in [0.717, 1.165) is 31.4 Å². The van der Waals surface area contributed by atoms with Gasteiger partial charge >= 0.3 is 0 Å². The Morgan fingerprint density at radius 3 is 2.35 bits per heavy atom. The third kappa shape index (κ3) is 3.45. The number of hydrogen-bond donors (Lipinski definition) is 1. The number of benzene rings is 1. The first-order valence-corrected chi connectivity index (χ1v) is 6.19. The van der Waals surface area contributed by atoms with Crippen LogP contribution in [0.3, 0.4) is 0 Å². The molecule has 1 aliphatic rings. The Balaban J connectivity index is 1.93. The largest absolute Gasteiger partial charge is 0.468 e. The van der Waals surface area contributed by atoms with Crippen LogP contribution in [0.5, 0.6) is 5.75 Å². The highest BCUT2D eigenvalue weighted by Crippen LogP contribution is 2.33. The Hall–Kier alpha value is -1.06. The molecule has 0 aliphatic heterocycles. The van der Waals surface area contributed by atoms with E-state index in [2.05, 4.69) is 12.1 Å². The fraction of sp³-hybridized carbons (Fsp3) is 0.571. The molecule has 94 valence electrons. The summed E-state index contributed by atoms with van der Waals surface area (Å²) in [5.74, 6) is 1.43. The van der Waals surface area contributed by atoms with Crippen LogP contribution in [-0.2, 0) is 4.74 Å². The molecule has 0 radical (unpaired) electrons. The molecule has 1 saturated carbocycles. The highest BCUT2D eigenvalue weighted by atomic mass is 16.7. The van der Waals surface area contributed by atoms with Gasteiger partial charge in [0.05, 0.1) is 6.10 Å². The normalized spacial score (nSPS) is 24.6. The van der Waals surface area contributed by atoms with Gasteiger partial charge in [-0.05, 0) is 49.3 Å². The summed E-state index contributed by atoms with van der Waals surface area (Å²) < 4.78 is 10.2. The van der Waals surface area contributed by atoms with E-state index in [1.165, 1.54) is 5.56 Å². The van der Waals surface area contributed by atoms with Crippen molar-refractivity contribution >= 4 is 0 Å². The van der Waals surface area contributed by atoms with E-state index >= 15 is 0 Å². The van der Waals surface area contributed by atoms with E-state index < -0.39 is 0 Å². The van der Waals surface area contributed by atoms with E-state index in [1.54, 1.807) is 7.11 Å². The van der Waals surface area contributed by atoms with Gasteiger partial charge in [-0.15, -0.1) is 0 Å². The van der Waals surface area contributed by atoms with Crippen LogP contribution in [-0.4, -0.2) is 25.1 Å². The second-order valence-corrected chi connectivity index (χ2v) is 4.63. The number of aliphatic hydroxyl groups is 1. The van der Waals surface area contributed by atoms with E-state index in [9.17, 15) is 5.11 Å². The van der Waals surface area contributed by atoms with Crippen molar-refractivity contribution < 1.29 is 14.6 Å². The van der Waals surface area contributed by atoms with Gasteiger partial charge in [-0.2, -0.15) is 0 Å². The van der Waals surface area contributed by atoms with Crippen molar-refractivity contribution in [1.29, 1.82) is 0 Å². The van der Waals surface area contributed by atoms with Gasteiger partial charge in [-0.3, -0.25) is 0 Å². The first-order chi connectivity index (χ1) is 8.29. The smallest absolute Gasteiger partial charge is 0.188 e. The van der Waals surface area contributed by atoms with Crippen LogP contribution >= 0.6 is 0 Å². The quantitative estimate of drug-likeness (QED) is 0.817. The van der Waals surface area contributed by atoms with E-state index in [4.69, 9.17) is 9.47 Å². The van der Waals surface area contributed by atoms with Crippen LogP contribution in [0.4, 0.5) is 0 Å². The first-order valence-electron chi connectivity index (χ1n) is 6.19. The molecule has 0 amide bonds. The van der Waals surface area contributed by atoms with Crippen LogP contribution in [0.1, 0.15) is 37.2 Å². The van der Waals surface area contributed by atoms with Crippen molar-refractivity contribution in [2.75, 3.05) is 13.9 Å². The zero-order chi connectivity index (χ0) is 12.1.